The van der Waals surface area contributed by atoms with Crippen LogP contribution in [0.5, 0.6) is 0 Å². The second-order valence-electron chi connectivity index (χ2n) is 2.01. The van der Waals surface area contributed by atoms with Gasteiger partial charge in [0.25, 0.3) is 0 Å². The van der Waals surface area contributed by atoms with E-state index < -0.39 is 6.16 Å². The number of carbonyl (C=O) groups excluding carboxylic acids is 1. The van der Waals surface area contributed by atoms with Gasteiger partial charge in [0.2, 0.25) is 0 Å². The van der Waals surface area contributed by atoms with Gasteiger partial charge in [-0.05, 0) is 6.92 Å². The molecule has 0 saturated carbocycles. The number of rotatable bonds is 3. The van der Waals surface area contributed by atoms with Crippen LogP contribution >= 0.6 is 0 Å². The molecule has 0 aromatic rings. The molecule has 0 saturated heterocycles. The Morgan fingerprint density at radius 2 is 2.20 bits per heavy atom. The van der Waals surface area contributed by atoms with Crippen molar-refractivity contribution in [1.29, 1.82) is 0 Å². The molecule has 0 heterocycles. The summed E-state index contributed by atoms with van der Waals surface area (Å²) < 4.78 is 8.82. The van der Waals surface area contributed by atoms with Gasteiger partial charge in [-0.3, -0.25) is 0 Å². The van der Waals surface area contributed by atoms with Gasteiger partial charge in [-0.15, -0.1) is 6.58 Å². The summed E-state index contributed by atoms with van der Waals surface area (Å²) in [7, 11) is 1.28. The lowest BCUT2D eigenvalue weighted by molar-refractivity contribution is 0.0737. The Labute approximate surface area is 60.6 Å². The van der Waals surface area contributed by atoms with Crippen molar-refractivity contribution in [2.24, 2.45) is 0 Å². The molecular weight excluding hydrogens is 132 g/mol. The van der Waals surface area contributed by atoms with Gasteiger partial charge in [0.1, 0.15) is 0 Å². The van der Waals surface area contributed by atoms with E-state index in [1.165, 1.54) is 7.11 Å². The highest BCUT2D eigenvalue weighted by molar-refractivity contribution is 5.59. The third-order valence-electron chi connectivity index (χ3n) is 0.915. The Morgan fingerprint density at radius 3 is 2.60 bits per heavy atom. The van der Waals surface area contributed by atoms with Crippen LogP contribution in [0.4, 0.5) is 4.79 Å². The van der Waals surface area contributed by atoms with Gasteiger partial charge in [-0.25, -0.2) is 4.79 Å². The van der Waals surface area contributed by atoms with Crippen molar-refractivity contribution >= 4 is 6.16 Å². The summed E-state index contributed by atoms with van der Waals surface area (Å²) in [6, 6.07) is 0. The molecule has 0 atom stereocenters. The van der Waals surface area contributed by atoms with E-state index in [0.717, 1.165) is 5.57 Å². The predicted octanol–water partition coefficient (Wildman–Crippen LogP) is 1.74. The molecule has 3 nitrogen and oxygen atoms in total. The highest BCUT2D eigenvalue weighted by Crippen LogP contribution is 1.95. The minimum absolute atomic E-state index is 0.349. The van der Waals surface area contributed by atoms with E-state index in [-0.39, 0.29) is 0 Å². The monoisotopic (exact) mass is 144 g/mol. The highest BCUT2D eigenvalue weighted by atomic mass is 16.7. The number of hydrogen-bond acceptors (Lipinski definition) is 3. The Bertz CT molecular complexity index is 129. The summed E-state index contributed by atoms with van der Waals surface area (Å²) in [5.41, 5.74) is 0.990. The lowest BCUT2D eigenvalue weighted by atomic mass is 10.3. The Morgan fingerprint density at radius 1 is 1.60 bits per heavy atom. The van der Waals surface area contributed by atoms with Gasteiger partial charge in [0, 0.05) is 6.42 Å². The van der Waals surface area contributed by atoms with Crippen molar-refractivity contribution in [3.05, 3.63) is 12.2 Å². The topological polar surface area (TPSA) is 35.5 Å². The third-order valence-corrected chi connectivity index (χ3v) is 0.915. The Hall–Kier alpha value is -0.990. The molecule has 0 aliphatic carbocycles. The van der Waals surface area contributed by atoms with Crippen LogP contribution in [0.3, 0.4) is 0 Å². The van der Waals surface area contributed by atoms with Crippen molar-refractivity contribution in [1.82, 2.24) is 0 Å². The van der Waals surface area contributed by atoms with E-state index in [9.17, 15) is 4.79 Å². The zero-order valence-corrected chi connectivity index (χ0v) is 6.35. The molecule has 10 heavy (non-hydrogen) atoms. The molecule has 0 N–H and O–H groups in total. The van der Waals surface area contributed by atoms with Crippen LogP contribution in [0.1, 0.15) is 13.3 Å². The summed E-state index contributed by atoms with van der Waals surface area (Å²) >= 11 is 0. The summed E-state index contributed by atoms with van der Waals surface area (Å²) in [4.78, 5) is 10.3. The fourth-order valence-electron chi connectivity index (χ4n) is 0.368. The number of carbonyl (C=O) groups is 1. The van der Waals surface area contributed by atoms with E-state index in [1.54, 1.807) is 0 Å². The summed E-state index contributed by atoms with van der Waals surface area (Å²) in [5, 5.41) is 0. The lowest BCUT2D eigenvalue weighted by Crippen LogP contribution is -2.05. The van der Waals surface area contributed by atoms with Crippen LogP contribution < -0.4 is 0 Å². The third kappa shape index (κ3) is 5.15. The van der Waals surface area contributed by atoms with E-state index in [0.29, 0.717) is 13.0 Å². The smallest absolute Gasteiger partial charge is 0.438 e. The number of hydrogen-bond donors (Lipinski definition) is 0. The zero-order valence-electron chi connectivity index (χ0n) is 6.35. The molecule has 0 aromatic heterocycles. The first-order valence-electron chi connectivity index (χ1n) is 3.02. The second-order valence-corrected chi connectivity index (χ2v) is 2.01. The van der Waals surface area contributed by atoms with Gasteiger partial charge in [-0.1, -0.05) is 5.57 Å². The standard InChI is InChI=1S/C7H12O3/c1-6(2)4-5-10-7(8)9-3/h1,4-5H2,2-3H3. The first-order chi connectivity index (χ1) is 4.66. The summed E-state index contributed by atoms with van der Waals surface area (Å²) in [6.07, 6.45) is 0.0519. The van der Waals surface area contributed by atoms with Crippen LogP contribution in [-0.4, -0.2) is 19.9 Å². The van der Waals surface area contributed by atoms with Gasteiger partial charge >= 0.3 is 6.16 Å². The average molecular weight is 144 g/mol. The largest absolute Gasteiger partial charge is 0.507 e. The maximum absolute atomic E-state index is 10.3. The maximum atomic E-state index is 10.3. The van der Waals surface area contributed by atoms with Gasteiger partial charge in [-0.2, -0.15) is 0 Å². The van der Waals surface area contributed by atoms with E-state index >= 15 is 0 Å². The van der Waals surface area contributed by atoms with Crippen LogP contribution in [-0.2, 0) is 9.47 Å². The van der Waals surface area contributed by atoms with Crippen molar-refractivity contribution < 1.29 is 14.3 Å². The first kappa shape index (κ1) is 9.01. The van der Waals surface area contributed by atoms with Crippen molar-refractivity contribution in [2.75, 3.05) is 13.7 Å². The fraction of sp³-hybridized carbons (Fsp3) is 0.571. The summed E-state index contributed by atoms with van der Waals surface area (Å²) in [6.45, 7) is 5.87. The number of methoxy groups -OCH3 is 1. The molecule has 0 bridgehead atoms. The molecule has 0 aliphatic heterocycles. The Kier molecular flexibility index (Phi) is 4.37. The molecule has 0 rings (SSSR count). The van der Waals surface area contributed by atoms with Crippen molar-refractivity contribution in [3.63, 3.8) is 0 Å². The van der Waals surface area contributed by atoms with E-state index in [4.69, 9.17) is 0 Å². The quantitative estimate of drug-likeness (QED) is 0.447. The molecule has 0 aromatic carbocycles. The number of ether oxygens (including phenoxy) is 2. The molecule has 0 aliphatic rings. The van der Waals surface area contributed by atoms with E-state index in [1.807, 2.05) is 6.92 Å². The lowest BCUT2D eigenvalue weighted by Gasteiger charge is -2.00. The van der Waals surface area contributed by atoms with Crippen LogP contribution in [0.25, 0.3) is 0 Å². The molecule has 58 valence electrons. The van der Waals surface area contributed by atoms with Gasteiger partial charge in [0.15, 0.2) is 0 Å². The van der Waals surface area contributed by atoms with Crippen LogP contribution in [0.2, 0.25) is 0 Å². The maximum Gasteiger partial charge on any atom is 0.507 e. The molecule has 0 spiro atoms. The first-order valence-corrected chi connectivity index (χ1v) is 3.02. The SMILES string of the molecule is C=C(C)CCOC(=O)OC. The van der Waals surface area contributed by atoms with Gasteiger partial charge in [0.05, 0.1) is 13.7 Å². The van der Waals surface area contributed by atoms with E-state index in [2.05, 4.69) is 16.1 Å². The molecule has 0 fully saturated rings. The summed E-state index contributed by atoms with van der Waals surface area (Å²) in [5.74, 6) is 0. The predicted molar refractivity (Wildman–Crippen MR) is 37.8 cm³/mol. The van der Waals surface area contributed by atoms with Crippen LogP contribution in [0.15, 0.2) is 12.2 Å². The van der Waals surface area contributed by atoms with Crippen LogP contribution in [0, 0.1) is 0 Å². The van der Waals surface area contributed by atoms with Crippen molar-refractivity contribution in [2.45, 2.75) is 13.3 Å². The molecule has 0 unspecified atom stereocenters. The molecule has 0 amide bonds. The molecule has 0 radical (unpaired) electrons. The average Bonchev–Trinajstić information content (AvgIpc) is 1.87. The van der Waals surface area contributed by atoms with Gasteiger partial charge < -0.3 is 9.47 Å². The molecule has 3 heteroatoms. The zero-order chi connectivity index (χ0) is 7.98. The molecular formula is C7H12O3. The Balaban J connectivity index is 3.20. The minimum Gasteiger partial charge on any atom is -0.438 e. The fourth-order valence-corrected chi connectivity index (χ4v) is 0.368. The second kappa shape index (κ2) is 4.85. The minimum atomic E-state index is -0.638. The highest BCUT2D eigenvalue weighted by Gasteiger charge is 1.97. The normalized spacial score (nSPS) is 8.60. The van der Waals surface area contributed by atoms with Crippen molar-refractivity contribution in [3.8, 4) is 0 Å².